The van der Waals surface area contributed by atoms with Gasteiger partial charge in [0.1, 0.15) is 5.78 Å². The number of nitro benzene ring substituents is 1. The van der Waals surface area contributed by atoms with Crippen LogP contribution in [0.25, 0.3) is 0 Å². The van der Waals surface area contributed by atoms with Crippen molar-refractivity contribution in [3.05, 3.63) is 50.1 Å². The second-order valence-corrected chi connectivity index (χ2v) is 4.87. The number of rotatable bonds is 5. The van der Waals surface area contributed by atoms with Crippen LogP contribution in [0.2, 0.25) is 0 Å². The van der Waals surface area contributed by atoms with Crippen molar-refractivity contribution in [2.45, 2.75) is 12.3 Å². The molecule has 0 aromatic heterocycles. The van der Waals surface area contributed by atoms with Crippen LogP contribution in [0.5, 0.6) is 0 Å². The maximum Gasteiger partial charge on any atom is 0.269 e. The first-order valence-electron chi connectivity index (χ1n) is 6.45. The van der Waals surface area contributed by atoms with E-state index in [9.17, 15) is 25.0 Å². The van der Waals surface area contributed by atoms with Crippen LogP contribution < -0.4 is 0 Å². The van der Waals surface area contributed by atoms with E-state index < -0.39 is 28.2 Å². The van der Waals surface area contributed by atoms with E-state index in [2.05, 4.69) is 0 Å². The van der Waals surface area contributed by atoms with Gasteiger partial charge in [0.25, 0.3) is 5.69 Å². The molecule has 8 nitrogen and oxygen atoms in total. The van der Waals surface area contributed by atoms with Crippen molar-refractivity contribution < 1.29 is 19.4 Å². The number of hydrogen-bond donors (Lipinski definition) is 0. The Labute approximate surface area is 120 Å². The summed E-state index contributed by atoms with van der Waals surface area (Å²) in [6.07, 6.45) is 0.216. The molecule has 1 saturated heterocycles. The SMILES string of the molecule is O=C1CCOC[C@@H]1[C@@H](C[N+](=O)[O-])c1cccc([N+](=O)[O-])c1. The molecule has 1 aliphatic rings. The van der Waals surface area contributed by atoms with Gasteiger partial charge in [-0.05, 0) is 5.56 Å². The standard InChI is InChI=1S/C13H14N2O6/c16-13-4-5-21-8-12(13)11(7-14(17)18)9-2-1-3-10(6-9)15(19)20/h1-3,6,11-12H,4-5,7-8H2/t11-,12+/m0/s1. The quantitative estimate of drug-likeness (QED) is 0.601. The summed E-state index contributed by atoms with van der Waals surface area (Å²) in [5.74, 6) is -1.45. The zero-order chi connectivity index (χ0) is 15.4. The molecular weight excluding hydrogens is 280 g/mol. The van der Waals surface area contributed by atoms with Gasteiger partial charge in [0.15, 0.2) is 0 Å². The number of nitro groups is 2. The van der Waals surface area contributed by atoms with Gasteiger partial charge in [-0.3, -0.25) is 25.0 Å². The molecule has 1 heterocycles. The molecule has 112 valence electrons. The molecule has 2 atom stereocenters. The first-order valence-corrected chi connectivity index (χ1v) is 6.45. The van der Waals surface area contributed by atoms with Crippen molar-refractivity contribution in [2.75, 3.05) is 19.8 Å². The number of carbonyl (C=O) groups is 1. The van der Waals surface area contributed by atoms with Gasteiger partial charge in [-0.2, -0.15) is 0 Å². The number of carbonyl (C=O) groups excluding carboxylic acids is 1. The number of non-ortho nitro benzene ring substituents is 1. The van der Waals surface area contributed by atoms with Crippen molar-refractivity contribution in [3.8, 4) is 0 Å². The normalized spacial score (nSPS) is 20.0. The number of benzene rings is 1. The Morgan fingerprint density at radius 1 is 1.33 bits per heavy atom. The van der Waals surface area contributed by atoms with Gasteiger partial charge in [0.05, 0.1) is 30.0 Å². The maximum absolute atomic E-state index is 12.0. The molecule has 0 spiro atoms. The zero-order valence-corrected chi connectivity index (χ0v) is 11.1. The van der Waals surface area contributed by atoms with Crippen molar-refractivity contribution in [2.24, 2.45) is 5.92 Å². The minimum atomic E-state index is -0.715. The smallest absolute Gasteiger partial charge is 0.269 e. The Hall–Kier alpha value is -2.35. The molecular formula is C13H14N2O6. The first kappa shape index (κ1) is 15.0. The van der Waals surface area contributed by atoms with E-state index in [4.69, 9.17) is 4.74 Å². The lowest BCUT2D eigenvalue weighted by Gasteiger charge is -2.26. The zero-order valence-electron chi connectivity index (χ0n) is 11.1. The fourth-order valence-corrected chi connectivity index (χ4v) is 2.50. The lowest BCUT2D eigenvalue weighted by Crippen LogP contribution is -2.35. The molecule has 0 unspecified atom stereocenters. The van der Waals surface area contributed by atoms with Crippen LogP contribution in [0.3, 0.4) is 0 Å². The van der Waals surface area contributed by atoms with Crippen LogP contribution in [0.1, 0.15) is 17.9 Å². The lowest BCUT2D eigenvalue weighted by molar-refractivity contribution is -0.484. The van der Waals surface area contributed by atoms with Gasteiger partial charge in [0, 0.05) is 23.5 Å². The highest BCUT2D eigenvalue weighted by Gasteiger charge is 2.35. The summed E-state index contributed by atoms with van der Waals surface area (Å²) >= 11 is 0. The Morgan fingerprint density at radius 3 is 2.71 bits per heavy atom. The largest absolute Gasteiger partial charge is 0.380 e. The number of Topliss-reactive ketones (excluding diaryl/α,β-unsaturated/α-hetero) is 1. The average Bonchev–Trinajstić information content (AvgIpc) is 2.45. The van der Waals surface area contributed by atoms with Crippen LogP contribution in [-0.2, 0) is 9.53 Å². The third-order valence-corrected chi connectivity index (χ3v) is 3.54. The van der Waals surface area contributed by atoms with E-state index in [0.29, 0.717) is 12.2 Å². The summed E-state index contributed by atoms with van der Waals surface area (Å²) in [4.78, 5) is 32.6. The van der Waals surface area contributed by atoms with Gasteiger partial charge in [0.2, 0.25) is 6.54 Å². The topological polar surface area (TPSA) is 113 Å². The van der Waals surface area contributed by atoms with E-state index in [-0.39, 0.29) is 24.5 Å². The minimum Gasteiger partial charge on any atom is -0.380 e. The summed E-state index contributed by atoms with van der Waals surface area (Å²) < 4.78 is 5.24. The number of ether oxygens (including phenoxy) is 1. The summed E-state index contributed by atoms with van der Waals surface area (Å²) in [5.41, 5.74) is 0.273. The molecule has 1 aromatic carbocycles. The third kappa shape index (κ3) is 3.60. The van der Waals surface area contributed by atoms with Crippen molar-refractivity contribution in [3.63, 3.8) is 0 Å². The fourth-order valence-electron chi connectivity index (χ4n) is 2.50. The van der Waals surface area contributed by atoms with E-state index in [0.717, 1.165) is 0 Å². The molecule has 1 aliphatic heterocycles. The Kier molecular flexibility index (Phi) is 4.59. The van der Waals surface area contributed by atoms with Crippen molar-refractivity contribution in [1.29, 1.82) is 0 Å². The molecule has 8 heteroatoms. The summed E-state index contributed by atoms with van der Waals surface area (Å²) in [7, 11) is 0. The van der Waals surface area contributed by atoms with Crippen LogP contribution in [0, 0.1) is 26.1 Å². The number of nitrogens with zero attached hydrogens (tertiary/aromatic N) is 2. The van der Waals surface area contributed by atoms with Crippen molar-refractivity contribution >= 4 is 11.5 Å². The predicted octanol–water partition coefficient (Wildman–Crippen LogP) is 1.56. The Bertz CT molecular complexity index is 574. The predicted molar refractivity (Wildman–Crippen MR) is 71.6 cm³/mol. The van der Waals surface area contributed by atoms with E-state index in [1.54, 1.807) is 6.07 Å². The molecule has 0 bridgehead atoms. The molecule has 0 aliphatic carbocycles. The van der Waals surface area contributed by atoms with Crippen LogP contribution in [0.4, 0.5) is 5.69 Å². The molecule has 21 heavy (non-hydrogen) atoms. The summed E-state index contributed by atoms with van der Waals surface area (Å²) in [6.45, 7) is -0.0313. The second kappa shape index (κ2) is 6.40. The Morgan fingerprint density at radius 2 is 2.10 bits per heavy atom. The van der Waals surface area contributed by atoms with Gasteiger partial charge >= 0.3 is 0 Å². The minimum absolute atomic E-state index is 0.0976. The van der Waals surface area contributed by atoms with Crippen LogP contribution in [0.15, 0.2) is 24.3 Å². The summed E-state index contributed by atoms with van der Waals surface area (Å²) in [6, 6.07) is 5.64. The molecule has 1 aromatic rings. The molecule has 1 fully saturated rings. The first-order chi connectivity index (χ1) is 9.99. The molecule has 0 radical (unpaired) electrons. The number of hydrogen-bond acceptors (Lipinski definition) is 6. The van der Waals surface area contributed by atoms with Crippen LogP contribution in [-0.4, -0.2) is 35.4 Å². The van der Waals surface area contributed by atoms with E-state index in [1.165, 1.54) is 18.2 Å². The molecule has 0 saturated carbocycles. The Balaban J connectivity index is 2.35. The van der Waals surface area contributed by atoms with Crippen LogP contribution >= 0.6 is 0 Å². The highest BCUT2D eigenvalue weighted by molar-refractivity contribution is 5.82. The van der Waals surface area contributed by atoms with E-state index >= 15 is 0 Å². The fraction of sp³-hybridized carbons (Fsp3) is 0.462. The molecule has 0 N–H and O–H groups in total. The van der Waals surface area contributed by atoms with E-state index in [1.807, 2.05) is 0 Å². The van der Waals surface area contributed by atoms with Gasteiger partial charge < -0.3 is 4.74 Å². The molecule has 0 amide bonds. The monoisotopic (exact) mass is 294 g/mol. The number of ketones is 1. The highest BCUT2D eigenvalue weighted by atomic mass is 16.6. The second-order valence-electron chi connectivity index (χ2n) is 4.87. The van der Waals surface area contributed by atoms with Gasteiger partial charge in [-0.25, -0.2) is 0 Å². The molecule has 2 rings (SSSR count). The third-order valence-electron chi connectivity index (χ3n) is 3.54. The summed E-state index contributed by atoms with van der Waals surface area (Å²) in [5, 5.41) is 21.7. The van der Waals surface area contributed by atoms with Gasteiger partial charge in [-0.15, -0.1) is 0 Å². The van der Waals surface area contributed by atoms with Gasteiger partial charge in [-0.1, -0.05) is 12.1 Å². The maximum atomic E-state index is 12.0. The lowest BCUT2D eigenvalue weighted by atomic mass is 9.82. The highest BCUT2D eigenvalue weighted by Crippen LogP contribution is 2.31. The van der Waals surface area contributed by atoms with Crippen molar-refractivity contribution in [1.82, 2.24) is 0 Å². The average molecular weight is 294 g/mol.